The van der Waals surface area contributed by atoms with Crippen molar-refractivity contribution in [2.45, 2.75) is 65.6 Å². The number of anilines is 2. The first kappa shape index (κ1) is 35.4. The fourth-order valence-electron chi connectivity index (χ4n) is 5.85. The van der Waals surface area contributed by atoms with Crippen LogP contribution in [0, 0.1) is 5.82 Å². The van der Waals surface area contributed by atoms with E-state index in [2.05, 4.69) is 5.10 Å². The molecule has 1 aromatic heterocycles. The smallest absolute Gasteiger partial charge is 0.418 e. The number of aromatic nitrogens is 2. The molecule has 4 heterocycles. The lowest BCUT2D eigenvalue weighted by molar-refractivity contribution is -0.167. The molecule has 0 N–H and O–H groups in total. The number of esters is 1. The highest BCUT2D eigenvalue weighted by molar-refractivity contribution is 5.93. The van der Waals surface area contributed by atoms with Gasteiger partial charge in [0.05, 0.1) is 43.3 Å². The SMILES string of the molecule is CCOC(=O)C(OC(=O)N(C[C@H]1CN(c2ccc(N3Cc4cn(C)nc4C3)c(F)c2)C(=O)O1)C(C)=O)N1CCN(C(=O)OC(C)(C)C)CC1. The van der Waals surface area contributed by atoms with Crippen molar-refractivity contribution in [3.8, 4) is 0 Å². The van der Waals surface area contributed by atoms with Gasteiger partial charge in [-0.25, -0.2) is 28.5 Å². The summed E-state index contributed by atoms with van der Waals surface area (Å²) < 4.78 is 38.5. The van der Waals surface area contributed by atoms with E-state index in [1.165, 1.54) is 20.8 Å². The number of piperazine rings is 1. The molecule has 0 spiro atoms. The zero-order valence-electron chi connectivity index (χ0n) is 28.5. The van der Waals surface area contributed by atoms with Crippen LogP contribution in [0.25, 0.3) is 0 Å². The van der Waals surface area contributed by atoms with Crippen LogP contribution in [-0.4, -0.2) is 118 Å². The molecule has 0 aliphatic carbocycles. The Morgan fingerprint density at radius 2 is 1.84 bits per heavy atom. The topological polar surface area (TPSA) is 156 Å². The van der Waals surface area contributed by atoms with Crippen LogP contribution in [0.3, 0.4) is 0 Å². The van der Waals surface area contributed by atoms with Crippen molar-refractivity contribution < 1.29 is 47.3 Å². The monoisotopic (exact) mass is 687 g/mol. The molecule has 1 unspecified atom stereocenters. The highest BCUT2D eigenvalue weighted by atomic mass is 19.1. The molecule has 1 aromatic carbocycles. The minimum Gasteiger partial charge on any atom is -0.462 e. The number of halogens is 1. The van der Waals surface area contributed by atoms with Crippen molar-refractivity contribution in [1.82, 2.24) is 24.5 Å². The average molecular weight is 688 g/mol. The second-order valence-electron chi connectivity index (χ2n) is 13.0. The van der Waals surface area contributed by atoms with Crippen LogP contribution < -0.4 is 9.80 Å². The molecule has 5 rings (SSSR count). The lowest BCUT2D eigenvalue weighted by Crippen LogP contribution is -2.57. The molecule has 17 heteroatoms. The fraction of sp³-hybridized carbons (Fsp3) is 0.562. The van der Waals surface area contributed by atoms with Crippen molar-refractivity contribution in [2.75, 3.05) is 55.7 Å². The summed E-state index contributed by atoms with van der Waals surface area (Å²) in [6.45, 7) is 9.21. The molecule has 266 valence electrons. The number of carbonyl (C=O) groups excluding carboxylic acids is 5. The summed E-state index contributed by atoms with van der Waals surface area (Å²) in [6.07, 6.45) is -3.00. The molecule has 3 aliphatic heterocycles. The number of ether oxygens (including phenoxy) is 4. The maximum Gasteiger partial charge on any atom is 0.418 e. The molecule has 4 amide bonds. The van der Waals surface area contributed by atoms with Gasteiger partial charge in [0.25, 0.3) is 6.23 Å². The van der Waals surface area contributed by atoms with Gasteiger partial charge in [0, 0.05) is 58.5 Å². The van der Waals surface area contributed by atoms with Crippen LogP contribution in [0.2, 0.25) is 0 Å². The number of amides is 4. The molecule has 16 nitrogen and oxygen atoms in total. The molecule has 2 atom stereocenters. The van der Waals surface area contributed by atoms with Crippen molar-refractivity contribution in [2.24, 2.45) is 7.05 Å². The Kier molecular flexibility index (Phi) is 10.3. The summed E-state index contributed by atoms with van der Waals surface area (Å²) >= 11 is 0. The molecule has 3 aliphatic rings. The Labute approximate surface area is 283 Å². The molecular formula is C32H42FN7O9. The molecule has 2 fully saturated rings. The quantitative estimate of drug-likeness (QED) is 0.296. The van der Waals surface area contributed by atoms with Crippen LogP contribution in [-0.2, 0) is 48.7 Å². The third-order valence-corrected chi connectivity index (χ3v) is 8.14. The molecule has 0 saturated carbocycles. The van der Waals surface area contributed by atoms with E-state index >= 15 is 4.39 Å². The molecular weight excluding hydrogens is 645 g/mol. The first-order valence-electron chi connectivity index (χ1n) is 16.0. The minimum absolute atomic E-state index is 0.0135. The van der Waals surface area contributed by atoms with Gasteiger partial charge < -0.3 is 28.7 Å². The Morgan fingerprint density at radius 3 is 2.45 bits per heavy atom. The number of fused-ring (bicyclic) bond motifs is 1. The highest BCUT2D eigenvalue weighted by Crippen LogP contribution is 2.33. The first-order valence-corrected chi connectivity index (χ1v) is 16.0. The molecule has 0 bridgehead atoms. The Morgan fingerprint density at radius 1 is 1.12 bits per heavy atom. The number of imide groups is 1. The van der Waals surface area contributed by atoms with E-state index < -0.39 is 53.9 Å². The van der Waals surface area contributed by atoms with Crippen molar-refractivity contribution in [1.29, 1.82) is 0 Å². The zero-order valence-corrected chi connectivity index (χ0v) is 28.5. The third kappa shape index (κ3) is 8.21. The van der Waals surface area contributed by atoms with E-state index in [9.17, 15) is 24.0 Å². The van der Waals surface area contributed by atoms with E-state index in [4.69, 9.17) is 18.9 Å². The van der Waals surface area contributed by atoms with Gasteiger partial charge in [-0.05, 0) is 45.9 Å². The number of hydrogen-bond donors (Lipinski definition) is 0. The minimum atomic E-state index is -1.50. The largest absolute Gasteiger partial charge is 0.462 e. The van der Waals surface area contributed by atoms with Gasteiger partial charge in [0.15, 0.2) is 0 Å². The van der Waals surface area contributed by atoms with Crippen LogP contribution in [0.15, 0.2) is 24.4 Å². The van der Waals surface area contributed by atoms with Gasteiger partial charge in [-0.2, -0.15) is 5.10 Å². The summed E-state index contributed by atoms with van der Waals surface area (Å²) in [4.78, 5) is 71.0. The van der Waals surface area contributed by atoms with Crippen LogP contribution in [0.4, 0.5) is 30.1 Å². The summed E-state index contributed by atoms with van der Waals surface area (Å²) in [6, 6.07) is 4.42. The molecule has 2 saturated heterocycles. The highest BCUT2D eigenvalue weighted by Gasteiger charge is 2.40. The Balaban J connectivity index is 1.21. The average Bonchev–Trinajstić information content (AvgIpc) is 3.69. The second-order valence-corrected chi connectivity index (χ2v) is 13.0. The van der Waals surface area contributed by atoms with E-state index in [0.29, 0.717) is 18.8 Å². The summed E-state index contributed by atoms with van der Waals surface area (Å²) in [5, 5.41) is 4.40. The van der Waals surface area contributed by atoms with Gasteiger partial charge in [-0.1, -0.05) is 0 Å². The third-order valence-electron chi connectivity index (χ3n) is 8.14. The van der Waals surface area contributed by atoms with E-state index in [1.54, 1.807) is 44.5 Å². The van der Waals surface area contributed by atoms with E-state index in [0.717, 1.165) is 23.1 Å². The fourth-order valence-corrected chi connectivity index (χ4v) is 5.85. The van der Waals surface area contributed by atoms with Crippen LogP contribution in [0.1, 0.15) is 45.9 Å². The van der Waals surface area contributed by atoms with E-state index in [1.807, 2.05) is 18.1 Å². The standard InChI is InChI=1S/C32H42FN7O9/c1-7-46-28(42)27(36-10-12-37(13-11-36)29(43)49-32(3,4)5)48-30(44)39(20(2)41)17-23-18-40(31(45)47-23)22-8-9-26(24(33)14-22)38-16-21-15-35(6)34-25(21)19-38/h8-9,14-15,23,27H,7,10-13,16-19H2,1-6H3/t23-,27?/m0/s1. The predicted octanol–water partition coefficient (Wildman–Crippen LogP) is 2.83. The zero-order chi connectivity index (χ0) is 35.6. The number of carbonyl (C=O) groups is 5. The molecule has 0 radical (unpaired) electrons. The lowest BCUT2D eigenvalue weighted by atomic mass is 10.2. The van der Waals surface area contributed by atoms with Gasteiger partial charge in [-0.3, -0.25) is 19.3 Å². The number of benzene rings is 1. The normalized spacial score (nSPS) is 18.6. The molecule has 2 aromatic rings. The molecule has 49 heavy (non-hydrogen) atoms. The number of rotatable bonds is 8. The number of aryl methyl sites for hydroxylation is 1. The Bertz CT molecular complexity index is 1580. The summed E-state index contributed by atoms with van der Waals surface area (Å²) in [7, 11) is 1.83. The van der Waals surface area contributed by atoms with Crippen LogP contribution >= 0.6 is 0 Å². The van der Waals surface area contributed by atoms with Crippen molar-refractivity contribution in [3.05, 3.63) is 41.5 Å². The maximum absolute atomic E-state index is 15.3. The van der Waals surface area contributed by atoms with Gasteiger partial charge in [0.2, 0.25) is 5.91 Å². The van der Waals surface area contributed by atoms with Gasteiger partial charge >= 0.3 is 24.2 Å². The van der Waals surface area contributed by atoms with Crippen molar-refractivity contribution in [3.63, 3.8) is 0 Å². The lowest BCUT2D eigenvalue weighted by Gasteiger charge is -2.38. The van der Waals surface area contributed by atoms with Crippen molar-refractivity contribution >= 4 is 41.5 Å². The van der Waals surface area contributed by atoms with Crippen LogP contribution in [0.5, 0.6) is 0 Å². The summed E-state index contributed by atoms with van der Waals surface area (Å²) in [5.74, 6) is -2.09. The predicted molar refractivity (Wildman–Crippen MR) is 171 cm³/mol. The number of cyclic esters (lactones) is 1. The summed E-state index contributed by atoms with van der Waals surface area (Å²) in [5.41, 5.74) is 1.81. The van der Waals surface area contributed by atoms with Gasteiger partial charge in [0.1, 0.15) is 17.5 Å². The van der Waals surface area contributed by atoms with E-state index in [-0.39, 0.29) is 51.6 Å². The maximum atomic E-state index is 15.3. The number of nitrogens with zero attached hydrogens (tertiary/aromatic N) is 7. The Hall–Kier alpha value is -4.93. The second kappa shape index (κ2) is 14.3. The van der Waals surface area contributed by atoms with Gasteiger partial charge in [-0.15, -0.1) is 0 Å². The first-order chi connectivity index (χ1) is 23.1. The number of hydrogen-bond acceptors (Lipinski definition) is 12.